The number of thioether (sulfide) groups is 1. The van der Waals surface area contributed by atoms with Crippen molar-refractivity contribution in [3.63, 3.8) is 0 Å². The third-order valence-electron chi connectivity index (χ3n) is 5.94. The van der Waals surface area contributed by atoms with Gasteiger partial charge in [0.25, 0.3) is 0 Å². The number of hydrogen-bond donors (Lipinski definition) is 0. The summed E-state index contributed by atoms with van der Waals surface area (Å²) in [5.74, 6) is -0.595. The van der Waals surface area contributed by atoms with Crippen LogP contribution in [0.5, 0.6) is 0 Å². The number of nitriles is 1. The zero-order valence-corrected chi connectivity index (χ0v) is 19.3. The lowest BCUT2D eigenvalue weighted by Gasteiger charge is -2.34. The van der Waals surface area contributed by atoms with Gasteiger partial charge in [0, 0.05) is 31.9 Å². The van der Waals surface area contributed by atoms with E-state index in [1.165, 1.54) is 34.3 Å². The summed E-state index contributed by atoms with van der Waals surface area (Å²) in [6, 6.07) is 7.16. The first-order valence-electron chi connectivity index (χ1n) is 10.4. The van der Waals surface area contributed by atoms with E-state index in [0.717, 1.165) is 42.1 Å². The number of hydrogen-bond acceptors (Lipinski definition) is 6. The second-order valence-corrected chi connectivity index (χ2v) is 10.7. The number of aryl methyl sites for hydroxylation is 1. The summed E-state index contributed by atoms with van der Waals surface area (Å²) in [6.07, 6.45) is 2.87. The number of piperazine rings is 1. The van der Waals surface area contributed by atoms with Crippen LogP contribution in [0.15, 0.2) is 34.2 Å². The molecular weight excluding hydrogens is 451 g/mol. The number of halogens is 1. The molecule has 32 heavy (non-hydrogen) atoms. The maximum atomic E-state index is 13.4. The molecule has 7 nitrogen and oxygen atoms in total. The van der Waals surface area contributed by atoms with Gasteiger partial charge >= 0.3 is 0 Å². The van der Waals surface area contributed by atoms with Crippen LogP contribution in [0.3, 0.4) is 0 Å². The smallest absolute Gasteiger partial charge is 0.243 e. The number of aromatic nitrogens is 1. The number of sulfonamides is 1. The molecule has 1 fully saturated rings. The summed E-state index contributed by atoms with van der Waals surface area (Å²) in [4.78, 5) is 18.9. The highest BCUT2D eigenvalue weighted by atomic mass is 32.2. The summed E-state index contributed by atoms with van der Waals surface area (Å²) < 4.78 is 40.2. The zero-order valence-electron chi connectivity index (χ0n) is 17.7. The Morgan fingerprint density at radius 1 is 1.25 bits per heavy atom. The lowest BCUT2D eigenvalue weighted by atomic mass is 10.0. The standard InChI is InChI=1S/C22H23FN4O3S2/c1-15-18-6-3-7-20(18)25-22(19(15)13-24)31-14-21(28)26-8-10-27(11-9-26)32(29,30)17-5-2-4-16(23)12-17/h2,4-5,12H,3,6-11,14H2,1H3. The molecule has 1 aromatic heterocycles. The van der Waals surface area contributed by atoms with E-state index in [1.807, 2.05) is 6.92 Å². The Morgan fingerprint density at radius 2 is 2.00 bits per heavy atom. The molecule has 1 aliphatic carbocycles. The summed E-state index contributed by atoms with van der Waals surface area (Å²) in [7, 11) is -3.80. The van der Waals surface area contributed by atoms with Crippen molar-refractivity contribution >= 4 is 27.7 Å². The van der Waals surface area contributed by atoms with Crippen LogP contribution in [0, 0.1) is 24.1 Å². The van der Waals surface area contributed by atoms with E-state index in [-0.39, 0.29) is 42.7 Å². The fraction of sp³-hybridized carbons (Fsp3) is 0.409. The van der Waals surface area contributed by atoms with Crippen molar-refractivity contribution in [3.8, 4) is 6.07 Å². The molecule has 2 aromatic rings. The molecule has 2 heterocycles. The quantitative estimate of drug-likeness (QED) is 0.618. The Hall–Kier alpha value is -2.48. The van der Waals surface area contributed by atoms with E-state index in [4.69, 9.17) is 0 Å². The number of rotatable bonds is 5. The van der Waals surface area contributed by atoms with Gasteiger partial charge in [-0.1, -0.05) is 17.8 Å². The Bertz CT molecular complexity index is 1200. The Morgan fingerprint density at radius 3 is 2.69 bits per heavy atom. The largest absolute Gasteiger partial charge is 0.339 e. The lowest BCUT2D eigenvalue weighted by molar-refractivity contribution is -0.129. The molecular formula is C22H23FN4O3S2. The first kappa shape index (κ1) is 22.7. The average Bonchev–Trinajstić information content (AvgIpc) is 3.26. The summed E-state index contributed by atoms with van der Waals surface area (Å²) in [6.45, 7) is 2.75. The number of carbonyl (C=O) groups excluding carboxylic acids is 1. The number of fused-ring (bicyclic) bond motifs is 1. The number of nitrogens with zero attached hydrogens (tertiary/aromatic N) is 4. The summed E-state index contributed by atoms with van der Waals surface area (Å²) in [5, 5.41) is 10.2. The predicted molar refractivity (Wildman–Crippen MR) is 118 cm³/mol. The molecule has 0 N–H and O–H groups in total. The molecule has 0 bridgehead atoms. The van der Waals surface area contributed by atoms with E-state index in [0.29, 0.717) is 10.6 Å². The van der Waals surface area contributed by atoms with Crippen molar-refractivity contribution in [1.82, 2.24) is 14.2 Å². The number of pyridine rings is 1. The van der Waals surface area contributed by atoms with Gasteiger partial charge in [0.2, 0.25) is 15.9 Å². The van der Waals surface area contributed by atoms with E-state index in [9.17, 15) is 22.9 Å². The molecule has 0 atom stereocenters. The van der Waals surface area contributed by atoms with Gasteiger partial charge < -0.3 is 4.90 Å². The molecule has 0 saturated carbocycles. The van der Waals surface area contributed by atoms with Crippen molar-refractivity contribution in [2.24, 2.45) is 0 Å². The van der Waals surface area contributed by atoms with Crippen LogP contribution in [0.25, 0.3) is 0 Å². The van der Waals surface area contributed by atoms with Gasteiger partial charge in [-0.05, 0) is 55.5 Å². The molecule has 1 aromatic carbocycles. The summed E-state index contributed by atoms with van der Waals surface area (Å²) in [5.41, 5.74) is 3.68. The Labute approximate surface area is 191 Å². The van der Waals surface area contributed by atoms with Crippen LogP contribution >= 0.6 is 11.8 Å². The number of amides is 1. The minimum Gasteiger partial charge on any atom is -0.339 e. The molecule has 0 spiro atoms. The number of carbonyl (C=O) groups is 1. The van der Waals surface area contributed by atoms with Gasteiger partial charge in [-0.3, -0.25) is 4.79 Å². The fourth-order valence-electron chi connectivity index (χ4n) is 4.16. The second kappa shape index (κ2) is 9.17. The van der Waals surface area contributed by atoms with Crippen molar-refractivity contribution in [2.45, 2.75) is 36.1 Å². The minimum absolute atomic E-state index is 0.0880. The highest BCUT2D eigenvalue weighted by Crippen LogP contribution is 2.32. The normalized spacial score (nSPS) is 16.6. The minimum atomic E-state index is -3.80. The van der Waals surface area contributed by atoms with E-state index >= 15 is 0 Å². The van der Waals surface area contributed by atoms with Gasteiger partial charge in [0.15, 0.2) is 0 Å². The predicted octanol–water partition coefficient (Wildman–Crippen LogP) is 2.51. The topological polar surface area (TPSA) is 94.4 Å². The highest BCUT2D eigenvalue weighted by molar-refractivity contribution is 8.00. The van der Waals surface area contributed by atoms with Crippen LogP contribution in [0.1, 0.15) is 28.8 Å². The average molecular weight is 475 g/mol. The molecule has 1 amide bonds. The first-order valence-corrected chi connectivity index (χ1v) is 12.8. The van der Waals surface area contributed by atoms with Crippen LogP contribution < -0.4 is 0 Å². The molecule has 2 aliphatic rings. The van der Waals surface area contributed by atoms with Crippen molar-refractivity contribution in [3.05, 3.63) is 52.5 Å². The van der Waals surface area contributed by atoms with Gasteiger partial charge in [0.1, 0.15) is 16.9 Å². The molecule has 4 rings (SSSR count). The third-order valence-corrected chi connectivity index (χ3v) is 8.79. The SMILES string of the molecule is Cc1c(C#N)c(SCC(=O)N2CCN(S(=O)(=O)c3cccc(F)c3)CC2)nc2c1CCC2. The van der Waals surface area contributed by atoms with Gasteiger partial charge in [-0.15, -0.1) is 0 Å². The summed E-state index contributed by atoms with van der Waals surface area (Å²) >= 11 is 1.26. The zero-order chi connectivity index (χ0) is 22.9. The first-order chi connectivity index (χ1) is 15.3. The van der Waals surface area contributed by atoms with Crippen LogP contribution in [-0.2, 0) is 27.7 Å². The Balaban J connectivity index is 1.38. The van der Waals surface area contributed by atoms with Crippen LogP contribution in [0.4, 0.5) is 4.39 Å². The molecule has 1 saturated heterocycles. The molecule has 1 aliphatic heterocycles. The van der Waals surface area contributed by atoms with Gasteiger partial charge in [0.05, 0.1) is 16.2 Å². The third kappa shape index (κ3) is 4.37. The van der Waals surface area contributed by atoms with E-state index < -0.39 is 15.8 Å². The van der Waals surface area contributed by atoms with Gasteiger partial charge in [-0.2, -0.15) is 9.57 Å². The van der Waals surface area contributed by atoms with E-state index in [2.05, 4.69) is 11.1 Å². The maximum absolute atomic E-state index is 13.4. The lowest BCUT2D eigenvalue weighted by Crippen LogP contribution is -2.51. The number of benzene rings is 1. The van der Waals surface area contributed by atoms with Crippen LogP contribution in [0.2, 0.25) is 0 Å². The Kier molecular flexibility index (Phi) is 6.51. The van der Waals surface area contributed by atoms with E-state index in [1.54, 1.807) is 4.90 Å². The van der Waals surface area contributed by atoms with Gasteiger partial charge in [-0.25, -0.2) is 17.8 Å². The highest BCUT2D eigenvalue weighted by Gasteiger charge is 2.30. The fourth-order valence-corrected chi connectivity index (χ4v) is 6.57. The maximum Gasteiger partial charge on any atom is 0.243 e. The second-order valence-electron chi connectivity index (χ2n) is 7.84. The van der Waals surface area contributed by atoms with Crippen molar-refractivity contribution < 1.29 is 17.6 Å². The molecule has 0 radical (unpaired) electrons. The van der Waals surface area contributed by atoms with Crippen LogP contribution in [-0.4, -0.2) is 60.4 Å². The molecule has 168 valence electrons. The molecule has 10 heteroatoms. The monoisotopic (exact) mass is 474 g/mol. The van der Waals surface area contributed by atoms with Crippen molar-refractivity contribution in [2.75, 3.05) is 31.9 Å². The van der Waals surface area contributed by atoms with Crippen molar-refractivity contribution in [1.29, 1.82) is 5.26 Å². The molecule has 0 unspecified atom stereocenters.